The van der Waals surface area contributed by atoms with Gasteiger partial charge in [-0.3, -0.25) is 9.89 Å². The number of imidazole rings is 1. The van der Waals surface area contributed by atoms with E-state index in [9.17, 15) is 22.8 Å². The Bertz CT molecular complexity index is 1080. The maximum absolute atomic E-state index is 12.5. The lowest BCUT2D eigenvalue weighted by Gasteiger charge is -2.61. The van der Waals surface area contributed by atoms with Crippen LogP contribution >= 0.6 is 0 Å². The fourth-order valence-corrected chi connectivity index (χ4v) is 4.54. The zero-order valence-corrected chi connectivity index (χ0v) is 18.1. The Kier molecular flexibility index (Phi) is 5.41. The number of ether oxygens (including phenoxy) is 3. The molecule has 0 unspecified atom stereocenters. The Morgan fingerprint density at radius 1 is 1.35 bits per heavy atom. The molecule has 184 valence electrons. The number of alkyl halides is 3. The van der Waals surface area contributed by atoms with Crippen molar-refractivity contribution in [2.45, 2.75) is 49.6 Å². The average Bonchev–Trinajstić information content (AvgIpc) is 3.41. The maximum atomic E-state index is 12.5. The molecule has 1 saturated heterocycles. The van der Waals surface area contributed by atoms with Crippen LogP contribution in [0.2, 0.25) is 0 Å². The summed E-state index contributed by atoms with van der Waals surface area (Å²) in [5.41, 5.74) is 0.519. The summed E-state index contributed by atoms with van der Waals surface area (Å²) in [7, 11) is 1.45. The van der Waals surface area contributed by atoms with Gasteiger partial charge in [0.1, 0.15) is 12.2 Å². The molecule has 0 aromatic carbocycles. The highest BCUT2D eigenvalue weighted by atomic mass is 19.4. The van der Waals surface area contributed by atoms with Crippen molar-refractivity contribution in [1.29, 1.82) is 0 Å². The number of aryl methyl sites for hydroxylation is 1. The van der Waals surface area contributed by atoms with Crippen molar-refractivity contribution >= 4 is 17.8 Å². The molecular formula is C20H23F3N6O5. The number of amides is 2. The van der Waals surface area contributed by atoms with E-state index in [1.807, 2.05) is 0 Å². The summed E-state index contributed by atoms with van der Waals surface area (Å²) in [5, 5.41) is 12.3. The molecule has 4 fully saturated rings. The van der Waals surface area contributed by atoms with Gasteiger partial charge in [-0.15, -0.1) is 0 Å². The first-order chi connectivity index (χ1) is 16.1. The second-order valence-corrected chi connectivity index (χ2v) is 9.05. The van der Waals surface area contributed by atoms with Crippen LogP contribution in [-0.2, 0) is 16.5 Å². The molecule has 6 rings (SSSR count). The van der Waals surface area contributed by atoms with Gasteiger partial charge in [0.05, 0.1) is 18.5 Å². The van der Waals surface area contributed by atoms with Crippen molar-refractivity contribution < 1.29 is 37.0 Å². The average molecular weight is 484 g/mol. The van der Waals surface area contributed by atoms with Crippen molar-refractivity contribution in [2.75, 3.05) is 18.5 Å². The molecule has 0 spiro atoms. The molecule has 2 aromatic heterocycles. The van der Waals surface area contributed by atoms with Crippen LogP contribution in [0.15, 0.2) is 12.3 Å². The second kappa shape index (κ2) is 8.18. The van der Waals surface area contributed by atoms with Gasteiger partial charge in [0.15, 0.2) is 12.4 Å². The van der Waals surface area contributed by atoms with E-state index < -0.39 is 37.0 Å². The molecule has 3 saturated carbocycles. The number of anilines is 1. The Morgan fingerprint density at radius 3 is 2.79 bits per heavy atom. The van der Waals surface area contributed by atoms with Gasteiger partial charge in [-0.05, 0) is 25.2 Å². The van der Waals surface area contributed by atoms with Gasteiger partial charge in [0.2, 0.25) is 11.7 Å². The predicted molar refractivity (Wildman–Crippen MR) is 108 cm³/mol. The minimum Gasteiger partial charge on any atom is -0.467 e. The fraction of sp³-hybridized carbons (Fsp3) is 0.600. The molecule has 2 aromatic rings. The van der Waals surface area contributed by atoms with Crippen LogP contribution in [0.4, 0.5) is 23.8 Å². The quantitative estimate of drug-likeness (QED) is 0.550. The molecule has 2 atom stereocenters. The largest absolute Gasteiger partial charge is 0.467 e. The van der Waals surface area contributed by atoms with Gasteiger partial charge in [0.25, 0.3) is 5.91 Å². The molecule has 3 heterocycles. The summed E-state index contributed by atoms with van der Waals surface area (Å²) >= 11 is 0. The van der Waals surface area contributed by atoms with Crippen LogP contribution < -0.4 is 15.4 Å². The molecule has 3 N–H and O–H groups in total. The third-order valence-electron chi connectivity index (χ3n) is 6.27. The molecule has 2 bridgehead atoms. The lowest BCUT2D eigenvalue weighted by atomic mass is 9.50. The van der Waals surface area contributed by atoms with Gasteiger partial charge in [-0.2, -0.15) is 23.3 Å². The summed E-state index contributed by atoms with van der Waals surface area (Å²) in [5.74, 6) is -0.230. The number of nitrogens with zero attached hydrogens (tertiary/aromatic N) is 3. The van der Waals surface area contributed by atoms with E-state index in [4.69, 9.17) is 9.47 Å². The van der Waals surface area contributed by atoms with Gasteiger partial charge in [-0.25, -0.2) is 4.79 Å². The number of aromatic amines is 1. The summed E-state index contributed by atoms with van der Waals surface area (Å²) in [4.78, 5) is 28.4. The van der Waals surface area contributed by atoms with Gasteiger partial charge in [-0.1, -0.05) is 0 Å². The molecule has 14 heteroatoms. The molecular weight excluding hydrogens is 461 g/mol. The zero-order valence-electron chi connectivity index (χ0n) is 18.1. The first-order valence-electron chi connectivity index (χ1n) is 10.8. The van der Waals surface area contributed by atoms with Crippen LogP contribution in [0.25, 0.3) is 0 Å². The third-order valence-corrected chi connectivity index (χ3v) is 6.27. The summed E-state index contributed by atoms with van der Waals surface area (Å²) in [6.07, 6.45) is -1.08. The number of H-pyrrole nitrogens is 1. The second-order valence-electron chi connectivity index (χ2n) is 9.05. The van der Waals surface area contributed by atoms with E-state index in [1.54, 1.807) is 6.07 Å². The first-order valence-corrected chi connectivity index (χ1v) is 10.8. The smallest absolute Gasteiger partial charge is 0.422 e. The number of alkyl carbamates (subject to hydrolysis) is 1. The minimum absolute atomic E-state index is 0.0600. The number of hydrogen-bond donors (Lipinski definition) is 3. The van der Waals surface area contributed by atoms with Crippen LogP contribution in [0.3, 0.4) is 0 Å². The monoisotopic (exact) mass is 484 g/mol. The van der Waals surface area contributed by atoms with Gasteiger partial charge >= 0.3 is 12.3 Å². The Morgan fingerprint density at radius 2 is 2.12 bits per heavy atom. The number of halogens is 3. The molecule has 34 heavy (non-hydrogen) atoms. The first kappa shape index (κ1) is 22.5. The van der Waals surface area contributed by atoms with E-state index >= 15 is 0 Å². The third kappa shape index (κ3) is 4.67. The Balaban J connectivity index is 1.12. The maximum Gasteiger partial charge on any atom is 0.422 e. The molecule has 1 aliphatic heterocycles. The summed E-state index contributed by atoms with van der Waals surface area (Å²) in [6, 6.07) is 1.57. The van der Waals surface area contributed by atoms with Crippen LogP contribution in [-0.4, -0.2) is 62.8 Å². The van der Waals surface area contributed by atoms with Gasteiger partial charge in [0, 0.05) is 25.1 Å². The van der Waals surface area contributed by atoms with Crippen LogP contribution in [0, 0.1) is 5.92 Å². The highest BCUT2D eigenvalue weighted by Crippen LogP contribution is 2.56. The summed E-state index contributed by atoms with van der Waals surface area (Å²) in [6.45, 7) is -1.27. The molecule has 4 aliphatic rings. The highest BCUT2D eigenvalue weighted by molar-refractivity contribution is 6.01. The Hall–Kier alpha value is -3.29. The lowest BCUT2D eigenvalue weighted by molar-refractivity contribution is -0.154. The van der Waals surface area contributed by atoms with E-state index in [-0.39, 0.29) is 29.7 Å². The van der Waals surface area contributed by atoms with Crippen LogP contribution in [0.5, 0.6) is 5.88 Å². The molecule has 11 nitrogen and oxygen atoms in total. The van der Waals surface area contributed by atoms with E-state index in [0.29, 0.717) is 12.1 Å². The summed E-state index contributed by atoms with van der Waals surface area (Å²) < 4.78 is 53.9. The number of nitrogens with one attached hydrogen (secondary N) is 3. The molecule has 2 amide bonds. The normalized spacial score (nSPS) is 27.5. The SMILES string of the molecule is Cn1cc(OCC(F)(F)F)nc1C(=O)Nc1cc([C@@H]2C[C@H](OC(=O)NC34CC(C3)C4)CO2)[nH]n1. The van der Waals surface area contributed by atoms with E-state index in [2.05, 4.69) is 30.6 Å². The van der Waals surface area contributed by atoms with Crippen molar-refractivity contribution in [2.24, 2.45) is 13.0 Å². The zero-order chi connectivity index (χ0) is 24.1. The highest BCUT2D eigenvalue weighted by Gasteiger charge is 2.57. The topological polar surface area (TPSA) is 132 Å². The molecule has 0 radical (unpaired) electrons. The van der Waals surface area contributed by atoms with E-state index in [1.165, 1.54) is 17.8 Å². The predicted octanol–water partition coefficient (Wildman–Crippen LogP) is 2.45. The number of rotatable bonds is 7. The van der Waals surface area contributed by atoms with Crippen molar-refractivity contribution in [3.63, 3.8) is 0 Å². The van der Waals surface area contributed by atoms with Gasteiger partial charge < -0.3 is 29.4 Å². The number of hydrogen-bond acceptors (Lipinski definition) is 7. The van der Waals surface area contributed by atoms with Crippen molar-refractivity contribution in [3.05, 3.63) is 23.8 Å². The Labute approximate surface area is 191 Å². The lowest BCUT2D eigenvalue weighted by Crippen LogP contribution is -2.68. The molecule has 3 aliphatic carbocycles. The van der Waals surface area contributed by atoms with Crippen molar-refractivity contribution in [3.8, 4) is 5.88 Å². The van der Waals surface area contributed by atoms with Crippen molar-refractivity contribution in [1.82, 2.24) is 25.1 Å². The van der Waals surface area contributed by atoms with Crippen LogP contribution in [0.1, 0.15) is 48.1 Å². The number of carbonyl (C=O) groups is 2. The van der Waals surface area contributed by atoms with E-state index in [0.717, 1.165) is 25.2 Å². The standard InChI is InChI=1S/C20H23F3N6O5/c1-29-7-15(33-9-20(21,22)23)25-16(29)17(30)24-14-3-12(27-28-14)13-2-11(8-32-13)34-18(31)26-19-4-10(5-19)6-19/h3,7,10-11,13H,2,4-6,8-9H2,1H3,(H,26,31)(H2,24,27,28,30)/t10?,11-,13-,19?/m0/s1. The number of carbonyl (C=O) groups excluding carboxylic acids is 2. The number of aromatic nitrogens is 4. The fourth-order valence-electron chi connectivity index (χ4n) is 4.54. The minimum atomic E-state index is -4.52.